The maximum Gasteiger partial charge on any atom is 0.416 e. The smallest absolute Gasteiger partial charge is 0.416 e. The van der Waals surface area contributed by atoms with Crippen molar-refractivity contribution in [1.82, 2.24) is 14.9 Å². The number of aromatic nitrogens is 2. The Kier molecular flexibility index (Phi) is 5.56. The summed E-state index contributed by atoms with van der Waals surface area (Å²) in [5.41, 5.74) is 1.05. The number of ether oxygens (including phenoxy) is 1. The van der Waals surface area contributed by atoms with E-state index in [1.165, 1.54) is 12.1 Å². The van der Waals surface area contributed by atoms with E-state index < -0.39 is 11.7 Å². The average Bonchev–Trinajstić information content (AvgIpc) is 2.69. The van der Waals surface area contributed by atoms with Gasteiger partial charge < -0.3 is 9.64 Å². The van der Waals surface area contributed by atoms with Crippen molar-refractivity contribution in [3.8, 4) is 11.3 Å². The van der Waals surface area contributed by atoms with Crippen LogP contribution in [0.5, 0.6) is 0 Å². The minimum absolute atomic E-state index is 0.0602. The van der Waals surface area contributed by atoms with E-state index in [9.17, 15) is 18.0 Å². The van der Waals surface area contributed by atoms with Crippen molar-refractivity contribution in [3.63, 3.8) is 0 Å². The van der Waals surface area contributed by atoms with Crippen molar-refractivity contribution >= 4 is 17.0 Å². The van der Waals surface area contributed by atoms with Gasteiger partial charge in [0, 0.05) is 24.0 Å². The predicted molar refractivity (Wildman–Crippen MR) is 115 cm³/mol. The molecule has 0 bridgehead atoms. The second-order valence-electron chi connectivity index (χ2n) is 9.24. The van der Waals surface area contributed by atoms with Crippen LogP contribution in [-0.2, 0) is 10.9 Å². The molecule has 3 aromatic rings. The van der Waals surface area contributed by atoms with Crippen molar-refractivity contribution in [2.75, 3.05) is 19.7 Å². The highest BCUT2D eigenvalue weighted by Gasteiger charge is 2.36. The zero-order valence-electron chi connectivity index (χ0n) is 18.1. The number of likely N-dealkylation sites (tertiary alicyclic amines) is 1. The minimum Gasteiger partial charge on any atom is -0.449 e. The van der Waals surface area contributed by atoms with Gasteiger partial charge in [-0.3, -0.25) is 0 Å². The monoisotopic (exact) mass is 443 g/mol. The van der Waals surface area contributed by atoms with Crippen molar-refractivity contribution in [2.24, 2.45) is 5.41 Å². The summed E-state index contributed by atoms with van der Waals surface area (Å²) in [6.07, 6.45) is -4.76. The lowest BCUT2D eigenvalue weighted by atomic mass is 9.98. The highest BCUT2D eigenvalue weighted by molar-refractivity contribution is 5.92. The molecular formula is C24H24F3N3O2. The molecule has 0 unspecified atom stereocenters. The maximum absolute atomic E-state index is 13.0. The third-order valence-corrected chi connectivity index (χ3v) is 5.24. The largest absolute Gasteiger partial charge is 0.449 e. The SMILES string of the molecule is CC(C)(C)COC(=O)N1CC(c2nc(-c3ccc(C(F)(F)F)cc3)c3ccccc3n2)C1. The van der Waals surface area contributed by atoms with Crippen LogP contribution in [0.2, 0.25) is 0 Å². The molecule has 8 heteroatoms. The summed E-state index contributed by atoms with van der Waals surface area (Å²) in [6.45, 7) is 7.18. The number of alkyl halides is 3. The third-order valence-electron chi connectivity index (χ3n) is 5.24. The Labute approximate surface area is 184 Å². The molecule has 0 saturated carbocycles. The molecule has 2 heterocycles. The number of carbonyl (C=O) groups is 1. The number of rotatable bonds is 3. The summed E-state index contributed by atoms with van der Waals surface area (Å²) in [5, 5.41) is 0.761. The molecule has 4 rings (SSSR count). The second-order valence-corrected chi connectivity index (χ2v) is 9.24. The van der Waals surface area contributed by atoms with E-state index in [0.29, 0.717) is 42.3 Å². The molecule has 5 nitrogen and oxygen atoms in total. The van der Waals surface area contributed by atoms with Gasteiger partial charge in [-0.05, 0) is 23.6 Å². The van der Waals surface area contributed by atoms with E-state index in [0.717, 1.165) is 17.5 Å². The topological polar surface area (TPSA) is 55.3 Å². The predicted octanol–water partition coefficient (Wildman–Crippen LogP) is 5.90. The number of carbonyl (C=O) groups excluding carboxylic acids is 1. The summed E-state index contributed by atoms with van der Waals surface area (Å²) >= 11 is 0. The number of hydrogen-bond donors (Lipinski definition) is 0. The standard InChI is InChI=1S/C24H24F3N3O2/c1-23(2,3)14-32-22(31)30-12-16(13-30)21-28-19-7-5-4-6-18(19)20(29-21)15-8-10-17(11-9-15)24(25,26)27/h4-11,16H,12-14H2,1-3H3. The number of para-hydroxylation sites is 1. The van der Waals surface area contributed by atoms with Gasteiger partial charge >= 0.3 is 12.3 Å². The summed E-state index contributed by atoms with van der Waals surface area (Å²) in [4.78, 5) is 23.2. The zero-order chi connectivity index (χ0) is 23.1. The number of amides is 1. The molecule has 32 heavy (non-hydrogen) atoms. The zero-order valence-corrected chi connectivity index (χ0v) is 18.1. The summed E-state index contributed by atoms with van der Waals surface area (Å²) < 4.78 is 44.2. The first-order chi connectivity index (χ1) is 15.0. The number of nitrogens with zero attached hydrogens (tertiary/aromatic N) is 3. The fourth-order valence-corrected chi connectivity index (χ4v) is 3.47. The molecule has 1 fully saturated rings. The van der Waals surface area contributed by atoms with E-state index in [-0.39, 0.29) is 17.4 Å². The van der Waals surface area contributed by atoms with Gasteiger partial charge in [0.15, 0.2) is 0 Å². The van der Waals surface area contributed by atoms with Crippen LogP contribution in [0.15, 0.2) is 48.5 Å². The number of fused-ring (bicyclic) bond motifs is 1. The molecule has 0 N–H and O–H groups in total. The highest BCUT2D eigenvalue weighted by atomic mass is 19.4. The maximum atomic E-state index is 13.0. The van der Waals surface area contributed by atoms with E-state index in [1.54, 1.807) is 4.90 Å². The Morgan fingerprint density at radius 1 is 1.03 bits per heavy atom. The van der Waals surface area contributed by atoms with Crippen molar-refractivity contribution in [2.45, 2.75) is 32.9 Å². The van der Waals surface area contributed by atoms with Crippen molar-refractivity contribution in [3.05, 3.63) is 59.9 Å². The van der Waals surface area contributed by atoms with Gasteiger partial charge in [0.1, 0.15) is 5.82 Å². The second kappa shape index (κ2) is 8.07. The molecule has 2 aromatic carbocycles. The molecule has 168 valence electrons. The van der Waals surface area contributed by atoms with E-state index >= 15 is 0 Å². The molecule has 1 aromatic heterocycles. The Morgan fingerprint density at radius 3 is 2.31 bits per heavy atom. The summed E-state index contributed by atoms with van der Waals surface area (Å²) in [6, 6.07) is 12.4. The van der Waals surface area contributed by atoms with Gasteiger partial charge in [0.05, 0.1) is 29.3 Å². The quantitative estimate of drug-likeness (QED) is 0.506. The van der Waals surface area contributed by atoms with Crippen LogP contribution in [-0.4, -0.2) is 40.7 Å². The fraction of sp³-hybridized carbons (Fsp3) is 0.375. The molecule has 0 spiro atoms. The first-order valence-electron chi connectivity index (χ1n) is 10.4. The van der Waals surface area contributed by atoms with Crippen LogP contribution in [0.1, 0.15) is 38.1 Å². The Balaban J connectivity index is 1.58. The minimum atomic E-state index is -4.39. The van der Waals surface area contributed by atoms with Crippen LogP contribution >= 0.6 is 0 Å². The van der Waals surface area contributed by atoms with Crippen molar-refractivity contribution < 1.29 is 22.7 Å². The Bertz CT molecular complexity index is 1130. The third kappa shape index (κ3) is 4.69. The van der Waals surface area contributed by atoms with Crippen LogP contribution in [0.25, 0.3) is 22.2 Å². The Hall–Kier alpha value is -3.16. The average molecular weight is 443 g/mol. The molecule has 0 aliphatic carbocycles. The molecule has 1 aliphatic rings. The first-order valence-corrected chi connectivity index (χ1v) is 10.4. The summed E-state index contributed by atoms with van der Waals surface area (Å²) in [5.74, 6) is 0.508. The fourth-order valence-electron chi connectivity index (χ4n) is 3.47. The number of halogens is 3. The lowest BCUT2D eigenvalue weighted by molar-refractivity contribution is -0.137. The molecule has 1 saturated heterocycles. The number of hydrogen-bond acceptors (Lipinski definition) is 4. The normalized spacial score (nSPS) is 15.0. The van der Waals surface area contributed by atoms with Gasteiger partial charge in [0.2, 0.25) is 0 Å². The van der Waals surface area contributed by atoms with Gasteiger partial charge in [0.25, 0.3) is 0 Å². The van der Waals surface area contributed by atoms with Crippen LogP contribution in [0, 0.1) is 5.41 Å². The van der Waals surface area contributed by atoms with E-state index in [2.05, 4.69) is 4.98 Å². The molecular weight excluding hydrogens is 419 g/mol. The highest BCUT2D eigenvalue weighted by Crippen LogP contribution is 2.34. The van der Waals surface area contributed by atoms with Crippen LogP contribution in [0.4, 0.5) is 18.0 Å². The van der Waals surface area contributed by atoms with Gasteiger partial charge in [-0.25, -0.2) is 14.8 Å². The number of benzene rings is 2. The Morgan fingerprint density at radius 2 is 1.69 bits per heavy atom. The van der Waals surface area contributed by atoms with Crippen LogP contribution in [0.3, 0.4) is 0 Å². The molecule has 1 amide bonds. The lowest BCUT2D eigenvalue weighted by Crippen LogP contribution is -2.49. The van der Waals surface area contributed by atoms with Gasteiger partial charge in [-0.2, -0.15) is 13.2 Å². The first kappa shape index (κ1) is 22.0. The van der Waals surface area contributed by atoms with Crippen molar-refractivity contribution in [1.29, 1.82) is 0 Å². The van der Waals surface area contributed by atoms with Gasteiger partial charge in [-0.1, -0.05) is 51.1 Å². The van der Waals surface area contributed by atoms with E-state index in [4.69, 9.17) is 9.72 Å². The van der Waals surface area contributed by atoms with Gasteiger partial charge in [-0.15, -0.1) is 0 Å². The molecule has 1 aliphatic heterocycles. The molecule has 0 radical (unpaired) electrons. The lowest BCUT2D eigenvalue weighted by Gasteiger charge is -2.38. The van der Waals surface area contributed by atoms with E-state index in [1.807, 2.05) is 45.0 Å². The molecule has 0 atom stereocenters. The summed E-state index contributed by atoms with van der Waals surface area (Å²) in [7, 11) is 0. The van der Waals surface area contributed by atoms with Crippen LogP contribution < -0.4 is 0 Å².